The van der Waals surface area contributed by atoms with Gasteiger partial charge in [-0.05, 0) is 25.0 Å². The monoisotopic (exact) mass is 299 g/mol. The number of nitrogens with one attached hydrogen (secondary N) is 3. The molecule has 2 heterocycles. The molecule has 3 N–H and O–H groups in total. The van der Waals surface area contributed by atoms with Crippen molar-refractivity contribution in [2.75, 3.05) is 17.2 Å². The number of carbonyl (C=O) groups excluding carboxylic acids is 2. The molecule has 1 aliphatic rings. The number of aromatic nitrogens is 2. The first kappa shape index (κ1) is 14.1. The molecule has 1 atom stereocenters. The number of aromatic amines is 1. The van der Waals surface area contributed by atoms with Crippen LogP contribution in [-0.4, -0.2) is 39.6 Å². The van der Waals surface area contributed by atoms with Gasteiger partial charge in [0.05, 0.1) is 11.9 Å². The van der Waals surface area contributed by atoms with Gasteiger partial charge in [-0.2, -0.15) is 5.10 Å². The van der Waals surface area contributed by atoms with Crippen molar-refractivity contribution in [2.45, 2.75) is 18.9 Å². The minimum atomic E-state index is -0.452. The number of likely N-dealkylation sites (tertiary alicyclic amines) is 1. The molecule has 0 spiro atoms. The zero-order chi connectivity index (χ0) is 15.4. The van der Waals surface area contributed by atoms with Crippen LogP contribution in [0, 0.1) is 0 Å². The van der Waals surface area contributed by atoms with Crippen LogP contribution in [0.1, 0.15) is 12.8 Å². The average molecular weight is 299 g/mol. The first-order chi connectivity index (χ1) is 10.7. The summed E-state index contributed by atoms with van der Waals surface area (Å²) < 4.78 is 0. The van der Waals surface area contributed by atoms with Crippen LogP contribution in [-0.2, 0) is 4.79 Å². The molecular weight excluding hydrogens is 282 g/mol. The largest absolute Gasteiger partial charge is 0.324 e. The summed E-state index contributed by atoms with van der Waals surface area (Å²) in [6, 6.07) is 8.50. The van der Waals surface area contributed by atoms with Gasteiger partial charge in [-0.3, -0.25) is 9.89 Å². The van der Waals surface area contributed by atoms with Crippen molar-refractivity contribution in [1.82, 2.24) is 15.1 Å². The van der Waals surface area contributed by atoms with Crippen molar-refractivity contribution in [3.05, 3.63) is 42.7 Å². The number of anilines is 2. The molecule has 7 heteroatoms. The summed E-state index contributed by atoms with van der Waals surface area (Å²) in [5.41, 5.74) is 1.31. The van der Waals surface area contributed by atoms with Gasteiger partial charge in [-0.1, -0.05) is 18.2 Å². The predicted octanol–water partition coefficient (Wildman–Crippen LogP) is 2.04. The van der Waals surface area contributed by atoms with E-state index in [-0.39, 0.29) is 11.9 Å². The maximum atomic E-state index is 12.4. The Bertz CT molecular complexity index is 641. The van der Waals surface area contributed by atoms with E-state index in [0.717, 1.165) is 12.1 Å². The van der Waals surface area contributed by atoms with Crippen LogP contribution in [0.15, 0.2) is 42.7 Å². The molecule has 0 saturated carbocycles. The van der Waals surface area contributed by atoms with Crippen LogP contribution >= 0.6 is 0 Å². The molecule has 1 aromatic carbocycles. The average Bonchev–Trinajstić information content (AvgIpc) is 3.19. The Morgan fingerprint density at radius 3 is 2.73 bits per heavy atom. The Morgan fingerprint density at radius 2 is 2.00 bits per heavy atom. The molecule has 1 aliphatic heterocycles. The Kier molecular flexibility index (Phi) is 4.04. The second kappa shape index (κ2) is 6.30. The highest BCUT2D eigenvalue weighted by Crippen LogP contribution is 2.20. The Labute approximate surface area is 127 Å². The molecule has 114 valence electrons. The minimum Gasteiger partial charge on any atom is -0.324 e. The summed E-state index contributed by atoms with van der Waals surface area (Å²) in [6.07, 6.45) is 4.59. The van der Waals surface area contributed by atoms with Crippen molar-refractivity contribution in [3.8, 4) is 0 Å². The number of hydrogen-bond donors (Lipinski definition) is 3. The van der Waals surface area contributed by atoms with Crippen molar-refractivity contribution in [1.29, 1.82) is 0 Å². The second-order valence-corrected chi connectivity index (χ2v) is 5.12. The van der Waals surface area contributed by atoms with Crippen LogP contribution in [0.5, 0.6) is 0 Å². The molecule has 22 heavy (non-hydrogen) atoms. The highest BCUT2D eigenvalue weighted by atomic mass is 16.2. The van der Waals surface area contributed by atoms with Gasteiger partial charge in [-0.25, -0.2) is 4.79 Å². The van der Waals surface area contributed by atoms with E-state index in [1.54, 1.807) is 11.1 Å². The van der Waals surface area contributed by atoms with E-state index in [0.29, 0.717) is 18.7 Å². The number of urea groups is 1. The fraction of sp³-hybridized carbons (Fsp3) is 0.267. The lowest BCUT2D eigenvalue weighted by Crippen LogP contribution is -2.45. The topological polar surface area (TPSA) is 90.1 Å². The number of benzene rings is 1. The number of nitrogens with zero attached hydrogens (tertiary/aromatic N) is 2. The van der Waals surface area contributed by atoms with Crippen molar-refractivity contribution >= 4 is 23.3 Å². The normalized spacial score (nSPS) is 17.3. The lowest BCUT2D eigenvalue weighted by atomic mass is 10.2. The molecule has 0 bridgehead atoms. The van der Waals surface area contributed by atoms with Crippen LogP contribution < -0.4 is 10.6 Å². The number of rotatable bonds is 3. The smallest absolute Gasteiger partial charge is 0.322 e. The van der Waals surface area contributed by atoms with Gasteiger partial charge in [-0.15, -0.1) is 0 Å². The van der Waals surface area contributed by atoms with E-state index >= 15 is 0 Å². The number of H-pyrrole nitrogens is 1. The third-order valence-corrected chi connectivity index (χ3v) is 3.61. The molecular formula is C15H17N5O2. The molecule has 2 aromatic rings. The number of carbonyl (C=O) groups is 2. The second-order valence-electron chi connectivity index (χ2n) is 5.12. The zero-order valence-electron chi connectivity index (χ0n) is 12.0. The SMILES string of the molecule is O=C(Nc1ccccc1)C1CCCN1C(=O)Nc1cn[nH]c1. The van der Waals surface area contributed by atoms with Crippen molar-refractivity contribution in [2.24, 2.45) is 0 Å². The Morgan fingerprint density at radius 1 is 1.18 bits per heavy atom. The summed E-state index contributed by atoms with van der Waals surface area (Å²) in [6.45, 7) is 0.566. The van der Waals surface area contributed by atoms with Crippen LogP contribution in [0.3, 0.4) is 0 Å². The lowest BCUT2D eigenvalue weighted by Gasteiger charge is -2.23. The van der Waals surface area contributed by atoms with Crippen molar-refractivity contribution in [3.63, 3.8) is 0 Å². The Balaban J connectivity index is 1.64. The molecule has 3 rings (SSSR count). The number of para-hydroxylation sites is 1. The third kappa shape index (κ3) is 3.08. The highest BCUT2D eigenvalue weighted by molar-refractivity contribution is 5.99. The summed E-state index contributed by atoms with van der Waals surface area (Å²) >= 11 is 0. The van der Waals surface area contributed by atoms with Gasteiger partial charge >= 0.3 is 6.03 Å². The van der Waals surface area contributed by atoms with Gasteiger partial charge in [0.1, 0.15) is 6.04 Å². The molecule has 1 aromatic heterocycles. The summed E-state index contributed by atoms with van der Waals surface area (Å²) in [7, 11) is 0. The fourth-order valence-corrected chi connectivity index (χ4v) is 2.54. The summed E-state index contributed by atoms with van der Waals surface area (Å²) in [4.78, 5) is 26.2. The maximum Gasteiger partial charge on any atom is 0.322 e. The van der Waals surface area contributed by atoms with E-state index < -0.39 is 6.04 Å². The van der Waals surface area contributed by atoms with Gasteiger partial charge in [0.15, 0.2) is 0 Å². The first-order valence-electron chi connectivity index (χ1n) is 7.16. The molecule has 1 fully saturated rings. The number of amides is 3. The van der Waals surface area contributed by atoms with E-state index in [1.165, 1.54) is 6.20 Å². The molecule has 1 saturated heterocycles. The van der Waals surface area contributed by atoms with Crippen LogP contribution in [0.4, 0.5) is 16.2 Å². The van der Waals surface area contributed by atoms with Gasteiger partial charge in [0, 0.05) is 18.4 Å². The molecule has 0 radical (unpaired) electrons. The van der Waals surface area contributed by atoms with E-state index in [4.69, 9.17) is 0 Å². The maximum absolute atomic E-state index is 12.4. The van der Waals surface area contributed by atoms with E-state index in [1.807, 2.05) is 30.3 Å². The Hall–Kier alpha value is -2.83. The zero-order valence-corrected chi connectivity index (χ0v) is 12.0. The first-order valence-corrected chi connectivity index (χ1v) is 7.16. The minimum absolute atomic E-state index is 0.161. The van der Waals surface area contributed by atoms with E-state index in [9.17, 15) is 9.59 Å². The van der Waals surface area contributed by atoms with E-state index in [2.05, 4.69) is 20.8 Å². The molecule has 1 unspecified atom stereocenters. The van der Waals surface area contributed by atoms with Gasteiger partial charge in [0.25, 0.3) is 0 Å². The molecule has 7 nitrogen and oxygen atoms in total. The fourth-order valence-electron chi connectivity index (χ4n) is 2.54. The van der Waals surface area contributed by atoms with Crippen molar-refractivity contribution < 1.29 is 9.59 Å². The quantitative estimate of drug-likeness (QED) is 0.810. The van der Waals surface area contributed by atoms with Gasteiger partial charge in [0.2, 0.25) is 5.91 Å². The molecule has 3 amide bonds. The molecule has 0 aliphatic carbocycles. The van der Waals surface area contributed by atoms with Crippen LogP contribution in [0.2, 0.25) is 0 Å². The predicted molar refractivity (Wildman–Crippen MR) is 82.4 cm³/mol. The summed E-state index contributed by atoms with van der Waals surface area (Å²) in [5, 5.41) is 12.0. The summed E-state index contributed by atoms with van der Waals surface area (Å²) in [5.74, 6) is -0.161. The lowest BCUT2D eigenvalue weighted by molar-refractivity contribution is -0.119. The highest BCUT2D eigenvalue weighted by Gasteiger charge is 2.34. The number of hydrogen-bond acceptors (Lipinski definition) is 3. The van der Waals surface area contributed by atoms with Crippen LogP contribution in [0.25, 0.3) is 0 Å². The van der Waals surface area contributed by atoms with Gasteiger partial charge < -0.3 is 15.5 Å². The third-order valence-electron chi connectivity index (χ3n) is 3.61. The standard InChI is InChI=1S/C15H17N5O2/c21-14(18-11-5-2-1-3-6-11)13-7-4-8-20(13)15(22)19-12-9-16-17-10-12/h1-3,5-6,9-10,13H,4,7-8H2,(H,16,17)(H,18,21)(H,19,22).